The lowest BCUT2D eigenvalue weighted by Crippen LogP contribution is -2.12. The summed E-state index contributed by atoms with van der Waals surface area (Å²) in [5.74, 6) is 1.56. The van der Waals surface area contributed by atoms with Gasteiger partial charge in [0.1, 0.15) is 0 Å². The van der Waals surface area contributed by atoms with Crippen LogP contribution in [0, 0.1) is 0 Å². The monoisotopic (exact) mass is 354 g/mol. The molecule has 2 aromatic carbocycles. The predicted molar refractivity (Wildman–Crippen MR) is 96.0 cm³/mol. The minimum Gasteiger partial charge on any atom is -0.493 e. The molecule has 0 atom stereocenters. The van der Waals surface area contributed by atoms with E-state index in [9.17, 15) is 4.79 Å². The molecule has 0 aliphatic heterocycles. The number of hydrogen-bond donors (Lipinski definition) is 1. The molecule has 0 aliphatic carbocycles. The van der Waals surface area contributed by atoms with Gasteiger partial charge in [0, 0.05) is 16.8 Å². The molecule has 0 spiro atoms. The number of aromatic nitrogens is 1. The summed E-state index contributed by atoms with van der Waals surface area (Å²) in [7, 11) is 4.51. The Bertz CT molecular complexity index is 881. The molecular formula is C19H18N2O5. The van der Waals surface area contributed by atoms with Gasteiger partial charge in [-0.2, -0.15) is 0 Å². The number of carbonyl (C=O) groups is 1. The second kappa shape index (κ2) is 7.60. The molecule has 0 radical (unpaired) electrons. The minimum absolute atomic E-state index is 0.307. The third-order valence-electron chi connectivity index (χ3n) is 3.76. The van der Waals surface area contributed by atoms with Gasteiger partial charge in [-0.3, -0.25) is 4.79 Å². The molecule has 0 saturated heterocycles. The number of rotatable bonds is 6. The van der Waals surface area contributed by atoms with Gasteiger partial charge < -0.3 is 23.9 Å². The average Bonchev–Trinajstić information content (AvgIpc) is 3.21. The van der Waals surface area contributed by atoms with Crippen molar-refractivity contribution in [2.24, 2.45) is 0 Å². The molecule has 7 nitrogen and oxygen atoms in total. The van der Waals surface area contributed by atoms with Crippen LogP contribution in [0.1, 0.15) is 10.4 Å². The van der Waals surface area contributed by atoms with Crippen LogP contribution in [-0.4, -0.2) is 32.2 Å². The molecule has 26 heavy (non-hydrogen) atoms. The van der Waals surface area contributed by atoms with Gasteiger partial charge in [-0.25, -0.2) is 4.98 Å². The van der Waals surface area contributed by atoms with E-state index >= 15 is 0 Å². The smallest absolute Gasteiger partial charge is 0.255 e. The summed E-state index contributed by atoms with van der Waals surface area (Å²) in [5, 5.41) is 2.85. The van der Waals surface area contributed by atoms with Crippen molar-refractivity contribution in [2.75, 3.05) is 26.6 Å². The quantitative estimate of drug-likeness (QED) is 0.728. The first-order chi connectivity index (χ1) is 12.7. The van der Waals surface area contributed by atoms with Crippen molar-refractivity contribution in [3.63, 3.8) is 0 Å². The fourth-order valence-corrected chi connectivity index (χ4v) is 2.52. The Morgan fingerprint density at radius 1 is 1.04 bits per heavy atom. The molecule has 134 valence electrons. The van der Waals surface area contributed by atoms with E-state index in [1.807, 2.05) is 12.1 Å². The van der Waals surface area contributed by atoms with E-state index in [-0.39, 0.29) is 5.91 Å². The molecule has 0 unspecified atom stereocenters. The van der Waals surface area contributed by atoms with Crippen LogP contribution >= 0.6 is 0 Å². The third-order valence-corrected chi connectivity index (χ3v) is 3.76. The van der Waals surface area contributed by atoms with Gasteiger partial charge >= 0.3 is 0 Å². The van der Waals surface area contributed by atoms with E-state index in [0.717, 1.165) is 5.56 Å². The van der Waals surface area contributed by atoms with Crippen molar-refractivity contribution in [3.8, 4) is 28.6 Å². The highest BCUT2D eigenvalue weighted by atomic mass is 16.5. The SMILES string of the molecule is COc1cc(C(=O)Nc2cccc(-c3cnco3)c2)cc(OC)c1OC. The van der Waals surface area contributed by atoms with Crippen LogP contribution in [-0.2, 0) is 0 Å². The van der Waals surface area contributed by atoms with Crippen molar-refractivity contribution < 1.29 is 23.4 Å². The lowest BCUT2D eigenvalue weighted by atomic mass is 10.1. The van der Waals surface area contributed by atoms with Gasteiger partial charge in [-0.05, 0) is 24.3 Å². The second-order valence-electron chi connectivity index (χ2n) is 5.31. The lowest BCUT2D eigenvalue weighted by Gasteiger charge is -2.14. The van der Waals surface area contributed by atoms with Crippen molar-refractivity contribution in [2.45, 2.75) is 0 Å². The molecule has 3 aromatic rings. The van der Waals surface area contributed by atoms with E-state index in [0.29, 0.717) is 34.3 Å². The summed E-state index contributed by atoms with van der Waals surface area (Å²) < 4.78 is 21.1. The number of ether oxygens (including phenoxy) is 3. The molecule has 1 aromatic heterocycles. The molecule has 1 heterocycles. The molecule has 0 saturated carbocycles. The van der Waals surface area contributed by atoms with E-state index < -0.39 is 0 Å². The van der Waals surface area contributed by atoms with Gasteiger partial charge in [0.2, 0.25) is 5.75 Å². The molecule has 0 fully saturated rings. The zero-order valence-electron chi connectivity index (χ0n) is 14.6. The number of benzene rings is 2. The number of nitrogens with zero attached hydrogens (tertiary/aromatic N) is 1. The Hall–Kier alpha value is -3.48. The minimum atomic E-state index is -0.307. The van der Waals surface area contributed by atoms with Crippen molar-refractivity contribution in [1.29, 1.82) is 0 Å². The number of carbonyl (C=O) groups excluding carboxylic acids is 1. The maximum Gasteiger partial charge on any atom is 0.255 e. The Balaban J connectivity index is 1.88. The Kier molecular flexibility index (Phi) is 5.07. The van der Waals surface area contributed by atoms with Crippen molar-refractivity contribution >= 4 is 11.6 Å². The summed E-state index contributed by atoms with van der Waals surface area (Å²) in [6, 6.07) is 10.5. The van der Waals surface area contributed by atoms with Gasteiger partial charge in [-0.15, -0.1) is 0 Å². The van der Waals surface area contributed by atoms with Crippen LogP contribution in [0.15, 0.2) is 53.4 Å². The van der Waals surface area contributed by atoms with E-state index in [1.54, 1.807) is 30.5 Å². The fourth-order valence-electron chi connectivity index (χ4n) is 2.52. The summed E-state index contributed by atoms with van der Waals surface area (Å²) in [6.07, 6.45) is 2.97. The summed E-state index contributed by atoms with van der Waals surface area (Å²) in [5.41, 5.74) is 1.81. The molecule has 1 amide bonds. The molecule has 0 aliphatic rings. The maximum absolute atomic E-state index is 12.6. The van der Waals surface area contributed by atoms with E-state index in [4.69, 9.17) is 18.6 Å². The van der Waals surface area contributed by atoms with Crippen LogP contribution in [0.3, 0.4) is 0 Å². The molecule has 1 N–H and O–H groups in total. The van der Waals surface area contributed by atoms with Crippen molar-refractivity contribution in [1.82, 2.24) is 4.98 Å². The molecule has 7 heteroatoms. The Morgan fingerprint density at radius 2 is 1.77 bits per heavy atom. The summed E-state index contributed by atoms with van der Waals surface area (Å²) in [6.45, 7) is 0. The van der Waals surface area contributed by atoms with Gasteiger partial charge in [0.15, 0.2) is 23.7 Å². The molecule has 0 bridgehead atoms. The topological polar surface area (TPSA) is 82.8 Å². The number of hydrogen-bond acceptors (Lipinski definition) is 6. The van der Waals surface area contributed by atoms with Gasteiger partial charge in [0.05, 0.1) is 27.5 Å². The maximum atomic E-state index is 12.6. The molecular weight excluding hydrogens is 336 g/mol. The van der Waals surface area contributed by atoms with Crippen LogP contribution < -0.4 is 19.5 Å². The predicted octanol–water partition coefficient (Wildman–Crippen LogP) is 3.62. The average molecular weight is 354 g/mol. The highest BCUT2D eigenvalue weighted by Crippen LogP contribution is 2.38. The number of amides is 1. The first kappa shape index (κ1) is 17.3. The summed E-state index contributed by atoms with van der Waals surface area (Å²) in [4.78, 5) is 16.5. The standard InChI is InChI=1S/C19H18N2O5/c1-23-15-8-13(9-16(24-2)18(15)25-3)19(22)21-14-6-4-5-12(7-14)17-10-20-11-26-17/h4-11H,1-3H3,(H,21,22). The summed E-state index contributed by atoms with van der Waals surface area (Å²) >= 11 is 0. The van der Waals surface area contributed by atoms with Gasteiger partial charge in [0.25, 0.3) is 5.91 Å². The van der Waals surface area contributed by atoms with Crippen LogP contribution in [0.5, 0.6) is 17.2 Å². The normalized spacial score (nSPS) is 10.3. The van der Waals surface area contributed by atoms with E-state index in [2.05, 4.69) is 10.3 Å². The van der Waals surface area contributed by atoms with Crippen molar-refractivity contribution in [3.05, 3.63) is 54.6 Å². The van der Waals surface area contributed by atoms with Crippen LogP contribution in [0.25, 0.3) is 11.3 Å². The fraction of sp³-hybridized carbons (Fsp3) is 0.158. The number of methoxy groups -OCH3 is 3. The second-order valence-corrected chi connectivity index (χ2v) is 5.31. The van der Waals surface area contributed by atoms with Crippen LogP contribution in [0.2, 0.25) is 0 Å². The number of nitrogens with one attached hydrogen (secondary N) is 1. The Morgan fingerprint density at radius 3 is 2.35 bits per heavy atom. The Labute approximate surface area is 150 Å². The third kappa shape index (κ3) is 3.46. The first-order valence-electron chi connectivity index (χ1n) is 7.76. The number of anilines is 1. The van der Waals surface area contributed by atoms with Crippen LogP contribution in [0.4, 0.5) is 5.69 Å². The largest absolute Gasteiger partial charge is 0.493 e. The lowest BCUT2D eigenvalue weighted by molar-refractivity contribution is 0.102. The van der Waals surface area contributed by atoms with E-state index in [1.165, 1.54) is 27.7 Å². The highest BCUT2D eigenvalue weighted by Gasteiger charge is 2.17. The van der Waals surface area contributed by atoms with Gasteiger partial charge in [-0.1, -0.05) is 12.1 Å². The first-order valence-corrected chi connectivity index (χ1v) is 7.76. The zero-order chi connectivity index (χ0) is 18.5. The highest BCUT2D eigenvalue weighted by molar-refractivity contribution is 6.05. The zero-order valence-corrected chi connectivity index (χ0v) is 14.6. The number of oxazole rings is 1. The molecule has 3 rings (SSSR count).